The molecule has 0 aliphatic heterocycles. The molecule has 1 unspecified atom stereocenters. The van der Waals surface area contributed by atoms with Crippen molar-refractivity contribution in [2.45, 2.75) is 20.0 Å². The predicted octanol–water partition coefficient (Wildman–Crippen LogP) is 3.54. The fourth-order valence-corrected chi connectivity index (χ4v) is 2.32. The Balaban J connectivity index is 2.39. The third kappa shape index (κ3) is 2.93. The van der Waals surface area contributed by atoms with Crippen LogP contribution in [0.15, 0.2) is 41.1 Å². The lowest BCUT2D eigenvalue weighted by Gasteiger charge is -2.13. The van der Waals surface area contributed by atoms with Crippen LogP contribution < -0.4 is 0 Å². The molecule has 0 aliphatic rings. The number of pyridine rings is 1. The van der Waals surface area contributed by atoms with E-state index in [0.29, 0.717) is 0 Å². The summed E-state index contributed by atoms with van der Waals surface area (Å²) in [6.45, 7) is 4.06. The molecule has 0 saturated heterocycles. The second-order valence-electron chi connectivity index (χ2n) is 4.26. The van der Waals surface area contributed by atoms with Gasteiger partial charge in [0.1, 0.15) is 6.10 Å². The van der Waals surface area contributed by atoms with Crippen molar-refractivity contribution in [2.75, 3.05) is 0 Å². The topological polar surface area (TPSA) is 33.1 Å². The Morgan fingerprint density at radius 3 is 2.24 bits per heavy atom. The lowest BCUT2D eigenvalue weighted by Crippen LogP contribution is -2.01. The van der Waals surface area contributed by atoms with Crippen molar-refractivity contribution in [3.63, 3.8) is 0 Å². The highest BCUT2D eigenvalue weighted by molar-refractivity contribution is 9.10. The molecule has 88 valence electrons. The summed E-state index contributed by atoms with van der Waals surface area (Å²) in [6.07, 6.45) is 2.77. The SMILES string of the molecule is Cc1cc(C)cc(C(O)c2cncc(Br)c2)c1. The van der Waals surface area contributed by atoms with E-state index in [0.717, 1.165) is 26.7 Å². The molecule has 0 spiro atoms. The molecule has 2 aromatic rings. The van der Waals surface area contributed by atoms with E-state index in [-0.39, 0.29) is 0 Å². The van der Waals surface area contributed by atoms with Gasteiger partial charge in [-0.2, -0.15) is 0 Å². The Bertz CT molecular complexity index is 519. The monoisotopic (exact) mass is 291 g/mol. The first-order chi connectivity index (χ1) is 8.06. The third-order valence-corrected chi connectivity index (χ3v) is 3.04. The zero-order valence-electron chi connectivity index (χ0n) is 9.81. The standard InChI is InChI=1S/C14H14BrNO/c1-9-3-10(2)5-11(4-9)14(17)12-6-13(15)8-16-7-12/h3-8,14,17H,1-2H3. The Kier molecular flexibility index (Phi) is 3.60. The van der Waals surface area contributed by atoms with Crippen LogP contribution in [0.2, 0.25) is 0 Å². The summed E-state index contributed by atoms with van der Waals surface area (Å²) in [6, 6.07) is 7.97. The zero-order chi connectivity index (χ0) is 12.4. The normalized spacial score (nSPS) is 12.5. The molecular formula is C14H14BrNO. The Morgan fingerprint density at radius 1 is 1.00 bits per heavy atom. The highest BCUT2D eigenvalue weighted by Crippen LogP contribution is 2.25. The molecule has 0 amide bonds. The van der Waals surface area contributed by atoms with E-state index < -0.39 is 6.10 Å². The van der Waals surface area contributed by atoms with E-state index in [9.17, 15) is 5.11 Å². The number of aromatic nitrogens is 1. The smallest absolute Gasteiger partial charge is 0.106 e. The quantitative estimate of drug-likeness (QED) is 0.918. The molecule has 1 atom stereocenters. The molecule has 17 heavy (non-hydrogen) atoms. The number of hydrogen-bond donors (Lipinski definition) is 1. The summed E-state index contributed by atoms with van der Waals surface area (Å²) >= 11 is 3.36. The number of rotatable bonds is 2. The van der Waals surface area contributed by atoms with Gasteiger partial charge in [-0.3, -0.25) is 4.98 Å². The summed E-state index contributed by atoms with van der Waals surface area (Å²) in [5.41, 5.74) is 4.01. The van der Waals surface area contributed by atoms with E-state index in [1.165, 1.54) is 0 Å². The van der Waals surface area contributed by atoms with Crippen LogP contribution in [0.5, 0.6) is 0 Å². The number of aryl methyl sites for hydroxylation is 2. The minimum atomic E-state index is -0.626. The minimum absolute atomic E-state index is 0.626. The maximum absolute atomic E-state index is 10.3. The fraction of sp³-hybridized carbons (Fsp3) is 0.214. The van der Waals surface area contributed by atoms with E-state index in [2.05, 4.69) is 27.0 Å². The van der Waals surface area contributed by atoms with Crippen LogP contribution in [-0.2, 0) is 0 Å². The predicted molar refractivity (Wildman–Crippen MR) is 71.9 cm³/mol. The van der Waals surface area contributed by atoms with E-state index in [1.807, 2.05) is 32.0 Å². The van der Waals surface area contributed by atoms with Gasteiger partial charge in [-0.1, -0.05) is 29.3 Å². The van der Waals surface area contributed by atoms with Crippen molar-refractivity contribution in [2.24, 2.45) is 0 Å². The zero-order valence-corrected chi connectivity index (χ0v) is 11.4. The van der Waals surface area contributed by atoms with Crippen LogP contribution in [0.4, 0.5) is 0 Å². The molecule has 1 aromatic heterocycles. The average molecular weight is 292 g/mol. The van der Waals surface area contributed by atoms with Gasteiger partial charge in [0.25, 0.3) is 0 Å². The molecule has 2 rings (SSSR count). The van der Waals surface area contributed by atoms with Crippen LogP contribution in [0.25, 0.3) is 0 Å². The number of benzene rings is 1. The van der Waals surface area contributed by atoms with Crippen molar-refractivity contribution in [3.8, 4) is 0 Å². The Labute approximate surface area is 109 Å². The second-order valence-corrected chi connectivity index (χ2v) is 5.18. The summed E-state index contributed by atoms with van der Waals surface area (Å²) in [5, 5.41) is 10.3. The molecule has 0 aliphatic carbocycles. The molecule has 0 saturated carbocycles. The van der Waals surface area contributed by atoms with Crippen molar-refractivity contribution >= 4 is 15.9 Å². The van der Waals surface area contributed by atoms with E-state index in [4.69, 9.17) is 0 Å². The van der Waals surface area contributed by atoms with Gasteiger partial charge in [-0.05, 0) is 41.4 Å². The highest BCUT2D eigenvalue weighted by Gasteiger charge is 2.11. The largest absolute Gasteiger partial charge is 0.384 e. The molecular weight excluding hydrogens is 278 g/mol. The molecule has 0 fully saturated rings. The number of hydrogen-bond acceptors (Lipinski definition) is 2. The van der Waals surface area contributed by atoms with Gasteiger partial charge in [0.2, 0.25) is 0 Å². The van der Waals surface area contributed by atoms with Gasteiger partial charge >= 0.3 is 0 Å². The molecule has 3 heteroatoms. The second kappa shape index (κ2) is 4.98. The minimum Gasteiger partial charge on any atom is -0.384 e. The van der Waals surface area contributed by atoms with Crippen LogP contribution in [-0.4, -0.2) is 10.1 Å². The molecule has 1 N–H and O–H groups in total. The van der Waals surface area contributed by atoms with E-state index >= 15 is 0 Å². The summed E-state index contributed by atoms with van der Waals surface area (Å²) in [4.78, 5) is 4.07. The Morgan fingerprint density at radius 2 is 1.65 bits per heavy atom. The average Bonchev–Trinajstić information content (AvgIpc) is 2.26. The third-order valence-electron chi connectivity index (χ3n) is 2.60. The first-order valence-electron chi connectivity index (χ1n) is 5.43. The molecule has 2 nitrogen and oxygen atoms in total. The van der Waals surface area contributed by atoms with Crippen LogP contribution in [0.3, 0.4) is 0 Å². The number of aliphatic hydroxyl groups is 1. The van der Waals surface area contributed by atoms with Crippen LogP contribution in [0.1, 0.15) is 28.4 Å². The van der Waals surface area contributed by atoms with Crippen LogP contribution in [0, 0.1) is 13.8 Å². The first kappa shape index (κ1) is 12.3. The van der Waals surface area contributed by atoms with Gasteiger partial charge in [-0.25, -0.2) is 0 Å². The van der Waals surface area contributed by atoms with Gasteiger partial charge in [0, 0.05) is 22.4 Å². The maximum atomic E-state index is 10.3. The van der Waals surface area contributed by atoms with Gasteiger partial charge < -0.3 is 5.11 Å². The van der Waals surface area contributed by atoms with Crippen molar-refractivity contribution in [3.05, 3.63) is 63.4 Å². The number of aliphatic hydroxyl groups excluding tert-OH is 1. The lowest BCUT2D eigenvalue weighted by atomic mass is 9.99. The van der Waals surface area contributed by atoms with Gasteiger partial charge in [0.15, 0.2) is 0 Å². The van der Waals surface area contributed by atoms with Gasteiger partial charge in [0.05, 0.1) is 0 Å². The van der Waals surface area contributed by atoms with E-state index in [1.54, 1.807) is 12.4 Å². The van der Waals surface area contributed by atoms with Crippen molar-refractivity contribution in [1.82, 2.24) is 4.98 Å². The summed E-state index contributed by atoms with van der Waals surface area (Å²) in [5.74, 6) is 0. The first-order valence-corrected chi connectivity index (χ1v) is 6.22. The summed E-state index contributed by atoms with van der Waals surface area (Å²) in [7, 11) is 0. The number of halogens is 1. The Hall–Kier alpha value is -1.19. The molecule has 0 radical (unpaired) electrons. The van der Waals surface area contributed by atoms with Crippen LogP contribution >= 0.6 is 15.9 Å². The summed E-state index contributed by atoms with van der Waals surface area (Å²) < 4.78 is 0.874. The molecule has 1 heterocycles. The molecule has 1 aromatic carbocycles. The fourth-order valence-electron chi connectivity index (χ4n) is 1.94. The van der Waals surface area contributed by atoms with Crippen molar-refractivity contribution in [1.29, 1.82) is 0 Å². The number of nitrogens with zero attached hydrogens (tertiary/aromatic N) is 1. The van der Waals surface area contributed by atoms with Crippen molar-refractivity contribution < 1.29 is 5.11 Å². The lowest BCUT2D eigenvalue weighted by molar-refractivity contribution is 0.219. The maximum Gasteiger partial charge on any atom is 0.106 e. The van der Waals surface area contributed by atoms with Gasteiger partial charge in [-0.15, -0.1) is 0 Å². The highest BCUT2D eigenvalue weighted by atomic mass is 79.9. The molecule has 0 bridgehead atoms.